The summed E-state index contributed by atoms with van der Waals surface area (Å²) in [5.74, 6) is 0.0638. The topological polar surface area (TPSA) is 70.7 Å². The number of hydrogen-bond acceptors (Lipinski definition) is 4. The number of H-pyrrole nitrogens is 1. The van der Waals surface area contributed by atoms with Gasteiger partial charge in [-0.25, -0.2) is 4.39 Å². The minimum absolute atomic E-state index is 0.0771. The summed E-state index contributed by atoms with van der Waals surface area (Å²) in [6.45, 7) is 3.67. The number of amides is 1. The van der Waals surface area contributed by atoms with E-state index in [1.54, 1.807) is 24.5 Å². The fourth-order valence-corrected chi connectivity index (χ4v) is 3.84. The molecule has 0 aliphatic carbocycles. The number of rotatable bonds is 4. The van der Waals surface area contributed by atoms with Crippen molar-refractivity contribution in [2.75, 3.05) is 5.32 Å². The van der Waals surface area contributed by atoms with Crippen LogP contribution in [0.1, 0.15) is 13.8 Å². The Labute approximate surface area is 159 Å². The lowest BCUT2D eigenvalue weighted by atomic mass is 10.0. The highest BCUT2D eigenvalue weighted by molar-refractivity contribution is 7.22. The lowest BCUT2D eigenvalue weighted by Gasteiger charge is -2.07. The molecule has 0 saturated heterocycles. The largest absolute Gasteiger partial charge is 0.308 e. The number of benzene rings is 1. The number of anilines is 1. The van der Waals surface area contributed by atoms with Crippen LogP contribution in [0.5, 0.6) is 0 Å². The smallest absolute Gasteiger partial charge is 0.228 e. The van der Waals surface area contributed by atoms with Gasteiger partial charge in [-0.3, -0.25) is 14.9 Å². The third kappa shape index (κ3) is 3.33. The van der Waals surface area contributed by atoms with Crippen molar-refractivity contribution >= 4 is 33.3 Å². The van der Waals surface area contributed by atoms with Crippen LogP contribution in [0.15, 0.2) is 48.8 Å². The van der Waals surface area contributed by atoms with Crippen LogP contribution in [0.25, 0.3) is 31.8 Å². The standard InChI is InChI=1S/C20H17FN4OS/c1-11(2)20(26)23-19-18-16(24-25-19)9-17(27-18)15-10-22-8-7-14(15)12-3-5-13(21)6-4-12/h3-11H,1-2H3,(H2,23,24,25,26). The summed E-state index contributed by atoms with van der Waals surface area (Å²) >= 11 is 1.53. The van der Waals surface area contributed by atoms with Gasteiger partial charge in [-0.05, 0) is 35.4 Å². The van der Waals surface area contributed by atoms with Crippen molar-refractivity contribution in [3.63, 3.8) is 0 Å². The van der Waals surface area contributed by atoms with Gasteiger partial charge in [0.15, 0.2) is 5.82 Å². The molecular weight excluding hydrogens is 363 g/mol. The first-order chi connectivity index (χ1) is 13.0. The van der Waals surface area contributed by atoms with Gasteiger partial charge in [-0.15, -0.1) is 11.3 Å². The summed E-state index contributed by atoms with van der Waals surface area (Å²) in [7, 11) is 0. The Kier molecular flexibility index (Phi) is 4.45. The normalized spacial score (nSPS) is 11.3. The second-order valence-corrected chi connectivity index (χ2v) is 7.55. The van der Waals surface area contributed by atoms with Crippen LogP contribution in [-0.2, 0) is 4.79 Å². The van der Waals surface area contributed by atoms with E-state index in [9.17, 15) is 9.18 Å². The Bertz CT molecular complexity index is 1110. The van der Waals surface area contributed by atoms with E-state index in [1.807, 2.05) is 26.0 Å². The van der Waals surface area contributed by atoms with Crippen molar-refractivity contribution < 1.29 is 9.18 Å². The number of aromatic nitrogens is 3. The second kappa shape index (κ2) is 6.92. The Morgan fingerprint density at radius 2 is 1.96 bits per heavy atom. The molecule has 136 valence electrons. The first kappa shape index (κ1) is 17.4. The number of nitrogens with zero attached hydrogens (tertiary/aromatic N) is 2. The van der Waals surface area contributed by atoms with Gasteiger partial charge in [0.25, 0.3) is 0 Å². The van der Waals surface area contributed by atoms with Crippen LogP contribution in [0, 0.1) is 11.7 Å². The highest BCUT2D eigenvalue weighted by Gasteiger charge is 2.17. The third-order valence-electron chi connectivity index (χ3n) is 4.24. The lowest BCUT2D eigenvalue weighted by molar-refractivity contribution is -0.118. The van der Waals surface area contributed by atoms with E-state index >= 15 is 0 Å². The molecule has 1 aromatic carbocycles. The van der Waals surface area contributed by atoms with Gasteiger partial charge in [0, 0.05) is 28.8 Å². The zero-order valence-electron chi connectivity index (χ0n) is 14.8. The van der Waals surface area contributed by atoms with E-state index in [1.165, 1.54) is 23.5 Å². The maximum atomic E-state index is 13.3. The Balaban J connectivity index is 1.76. The van der Waals surface area contributed by atoms with Crippen molar-refractivity contribution in [1.29, 1.82) is 0 Å². The molecule has 0 bridgehead atoms. The number of fused-ring (bicyclic) bond motifs is 1. The second-order valence-electron chi connectivity index (χ2n) is 6.50. The summed E-state index contributed by atoms with van der Waals surface area (Å²) in [4.78, 5) is 17.2. The summed E-state index contributed by atoms with van der Waals surface area (Å²) in [6, 6.07) is 10.3. The van der Waals surface area contributed by atoms with Gasteiger partial charge >= 0.3 is 0 Å². The van der Waals surface area contributed by atoms with E-state index in [-0.39, 0.29) is 17.6 Å². The molecule has 4 aromatic rings. The van der Waals surface area contributed by atoms with E-state index in [0.717, 1.165) is 31.8 Å². The SMILES string of the molecule is CC(C)C(=O)Nc1n[nH]c2cc(-c3cnccc3-c3ccc(F)cc3)sc12. The van der Waals surface area contributed by atoms with E-state index in [4.69, 9.17) is 0 Å². The number of nitrogens with one attached hydrogen (secondary N) is 2. The Hall–Kier alpha value is -3.06. The van der Waals surface area contributed by atoms with Gasteiger partial charge in [0.2, 0.25) is 5.91 Å². The number of carbonyl (C=O) groups excluding carboxylic acids is 1. The number of halogens is 1. The molecule has 2 N–H and O–H groups in total. The molecule has 3 aromatic heterocycles. The average Bonchev–Trinajstić information content (AvgIpc) is 3.24. The van der Waals surface area contributed by atoms with Gasteiger partial charge in [-0.1, -0.05) is 26.0 Å². The fourth-order valence-electron chi connectivity index (χ4n) is 2.77. The molecule has 1 amide bonds. The predicted molar refractivity (Wildman–Crippen MR) is 106 cm³/mol. The van der Waals surface area contributed by atoms with Crippen molar-refractivity contribution in [2.24, 2.45) is 5.92 Å². The molecule has 4 rings (SSSR count). The first-order valence-corrected chi connectivity index (χ1v) is 9.33. The molecule has 0 saturated carbocycles. The number of pyridine rings is 1. The van der Waals surface area contributed by atoms with Crippen LogP contribution < -0.4 is 5.32 Å². The molecular formula is C20H17FN4OS. The monoisotopic (exact) mass is 380 g/mol. The molecule has 7 heteroatoms. The molecule has 0 atom stereocenters. The lowest BCUT2D eigenvalue weighted by Crippen LogP contribution is -2.17. The van der Waals surface area contributed by atoms with Crippen LogP contribution in [0.3, 0.4) is 0 Å². The highest BCUT2D eigenvalue weighted by atomic mass is 32.1. The van der Waals surface area contributed by atoms with E-state index in [0.29, 0.717) is 5.82 Å². The maximum Gasteiger partial charge on any atom is 0.228 e. The Morgan fingerprint density at radius 3 is 2.70 bits per heavy atom. The van der Waals surface area contributed by atoms with Crippen molar-refractivity contribution in [3.8, 4) is 21.6 Å². The van der Waals surface area contributed by atoms with Crippen molar-refractivity contribution in [2.45, 2.75) is 13.8 Å². The van der Waals surface area contributed by atoms with Gasteiger partial charge < -0.3 is 5.32 Å². The van der Waals surface area contributed by atoms with Gasteiger partial charge in [0.1, 0.15) is 5.82 Å². The predicted octanol–water partition coefficient (Wildman–Crippen LogP) is 5.09. The maximum absolute atomic E-state index is 13.3. The number of hydrogen-bond donors (Lipinski definition) is 2. The quantitative estimate of drug-likeness (QED) is 0.518. The molecule has 0 spiro atoms. The fraction of sp³-hybridized carbons (Fsp3) is 0.150. The summed E-state index contributed by atoms with van der Waals surface area (Å²) in [5.41, 5.74) is 3.68. The van der Waals surface area contributed by atoms with Crippen LogP contribution in [0.4, 0.5) is 10.2 Å². The Morgan fingerprint density at radius 1 is 1.19 bits per heavy atom. The molecule has 0 fully saturated rings. The molecule has 5 nitrogen and oxygen atoms in total. The van der Waals surface area contributed by atoms with Crippen LogP contribution in [-0.4, -0.2) is 21.1 Å². The third-order valence-corrected chi connectivity index (χ3v) is 5.42. The minimum atomic E-state index is -0.268. The van der Waals surface area contributed by atoms with Crippen molar-refractivity contribution in [3.05, 3.63) is 54.6 Å². The van der Waals surface area contributed by atoms with Crippen LogP contribution in [0.2, 0.25) is 0 Å². The van der Waals surface area contributed by atoms with E-state index < -0.39 is 0 Å². The van der Waals surface area contributed by atoms with Crippen molar-refractivity contribution in [1.82, 2.24) is 15.2 Å². The first-order valence-electron chi connectivity index (χ1n) is 8.52. The average molecular weight is 380 g/mol. The molecule has 0 aliphatic heterocycles. The summed E-state index contributed by atoms with van der Waals surface area (Å²) in [5, 5.41) is 10.0. The highest BCUT2D eigenvalue weighted by Crippen LogP contribution is 2.40. The molecule has 3 heterocycles. The number of carbonyl (C=O) groups is 1. The number of aromatic amines is 1. The van der Waals surface area contributed by atoms with Crippen LogP contribution >= 0.6 is 11.3 Å². The molecule has 0 unspecified atom stereocenters. The van der Waals surface area contributed by atoms with Gasteiger partial charge in [0.05, 0.1) is 10.2 Å². The summed E-state index contributed by atoms with van der Waals surface area (Å²) < 4.78 is 14.2. The van der Waals surface area contributed by atoms with Gasteiger partial charge in [-0.2, -0.15) is 5.10 Å². The molecule has 0 aliphatic rings. The van der Waals surface area contributed by atoms with E-state index in [2.05, 4.69) is 20.5 Å². The number of thiophene rings is 1. The summed E-state index contributed by atoms with van der Waals surface area (Å²) in [6.07, 6.45) is 3.51. The minimum Gasteiger partial charge on any atom is -0.308 e. The zero-order chi connectivity index (χ0) is 19.0. The molecule has 27 heavy (non-hydrogen) atoms. The zero-order valence-corrected chi connectivity index (χ0v) is 15.6. The molecule has 0 radical (unpaired) electrons.